The van der Waals surface area contributed by atoms with Crippen molar-refractivity contribution in [2.75, 3.05) is 12.3 Å². The molecule has 7 heteroatoms. The molecule has 0 amide bonds. The third-order valence-electron chi connectivity index (χ3n) is 3.04. The van der Waals surface area contributed by atoms with Crippen LogP contribution in [0.5, 0.6) is 0 Å². The smallest absolute Gasteiger partial charge is 0.200 e. The zero-order chi connectivity index (χ0) is 15.4. The highest BCUT2D eigenvalue weighted by Gasteiger charge is 2.17. The first-order valence-corrected chi connectivity index (χ1v) is 8.61. The quantitative estimate of drug-likeness (QED) is 0.665. The zero-order valence-corrected chi connectivity index (χ0v) is 14.2. The van der Waals surface area contributed by atoms with Gasteiger partial charge < -0.3 is 10.2 Å². The van der Waals surface area contributed by atoms with Crippen LogP contribution in [0, 0.1) is 0 Å². The molecule has 0 bridgehead atoms. The van der Waals surface area contributed by atoms with Crippen LogP contribution in [0.15, 0.2) is 56.7 Å². The summed E-state index contributed by atoms with van der Waals surface area (Å²) >= 11 is 4.92. The van der Waals surface area contributed by atoms with Gasteiger partial charge in [-0.15, -0.1) is 10.2 Å². The van der Waals surface area contributed by atoms with Crippen molar-refractivity contribution in [3.63, 3.8) is 0 Å². The van der Waals surface area contributed by atoms with E-state index in [-0.39, 0.29) is 0 Å². The van der Waals surface area contributed by atoms with E-state index < -0.39 is 0 Å². The lowest BCUT2D eigenvalue weighted by Gasteiger charge is -2.09. The average Bonchev–Trinajstić information content (AvgIpc) is 3.13. The van der Waals surface area contributed by atoms with Gasteiger partial charge in [0.1, 0.15) is 0 Å². The van der Waals surface area contributed by atoms with Crippen molar-refractivity contribution in [2.45, 2.75) is 11.7 Å². The SMILES string of the molecule is NCCSc1nnc(-c2ccc(Br)o2)n1Cc1ccccc1. The van der Waals surface area contributed by atoms with E-state index in [4.69, 9.17) is 10.2 Å². The van der Waals surface area contributed by atoms with Crippen molar-refractivity contribution >= 4 is 27.7 Å². The predicted octanol–water partition coefficient (Wildman–Crippen LogP) is 3.40. The van der Waals surface area contributed by atoms with Gasteiger partial charge in [-0.05, 0) is 33.6 Å². The van der Waals surface area contributed by atoms with E-state index in [0.29, 0.717) is 29.3 Å². The number of hydrogen-bond acceptors (Lipinski definition) is 5. The summed E-state index contributed by atoms with van der Waals surface area (Å²) in [5.41, 5.74) is 6.78. The molecule has 0 aliphatic carbocycles. The molecule has 114 valence electrons. The molecule has 0 unspecified atom stereocenters. The Kier molecular flexibility index (Phi) is 4.97. The number of furan rings is 1. The molecule has 0 aliphatic rings. The van der Waals surface area contributed by atoms with Crippen LogP contribution in [0.25, 0.3) is 11.6 Å². The van der Waals surface area contributed by atoms with Gasteiger partial charge in [-0.1, -0.05) is 42.1 Å². The van der Waals surface area contributed by atoms with Gasteiger partial charge in [-0.2, -0.15) is 0 Å². The van der Waals surface area contributed by atoms with E-state index in [2.05, 4.69) is 42.8 Å². The largest absolute Gasteiger partial charge is 0.446 e. The summed E-state index contributed by atoms with van der Waals surface area (Å²) in [7, 11) is 0. The second-order valence-electron chi connectivity index (χ2n) is 4.62. The molecule has 0 radical (unpaired) electrons. The van der Waals surface area contributed by atoms with Gasteiger partial charge in [-0.3, -0.25) is 4.57 Å². The van der Waals surface area contributed by atoms with Crippen molar-refractivity contribution < 1.29 is 4.42 Å². The Labute approximate surface area is 141 Å². The minimum Gasteiger partial charge on any atom is -0.446 e. The lowest BCUT2D eigenvalue weighted by molar-refractivity contribution is 0.545. The topological polar surface area (TPSA) is 69.9 Å². The second-order valence-corrected chi connectivity index (χ2v) is 6.46. The molecule has 2 heterocycles. The molecule has 0 saturated carbocycles. The average molecular weight is 379 g/mol. The Morgan fingerprint density at radius 2 is 1.95 bits per heavy atom. The summed E-state index contributed by atoms with van der Waals surface area (Å²) in [6.45, 7) is 1.29. The summed E-state index contributed by atoms with van der Waals surface area (Å²) in [6, 6.07) is 13.9. The van der Waals surface area contributed by atoms with Crippen LogP contribution in [-0.2, 0) is 6.54 Å². The van der Waals surface area contributed by atoms with Crippen molar-refractivity contribution in [2.24, 2.45) is 5.73 Å². The van der Waals surface area contributed by atoms with Gasteiger partial charge in [-0.25, -0.2) is 0 Å². The van der Waals surface area contributed by atoms with Gasteiger partial charge in [0.15, 0.2) is 15.6 Å². The maximum Gasteiger partial charge on any atom is 0.200 e. The lowest BCUT2D eigenvalue weighted by atomic mass is 10.2. The minimum absolute atomic E-state index is 0.602. The Balaban J connectivity index is 1.97. The molecule has 0 saturated heterocycles. The first kappa shape index (κ1) is 15.3. The summed E-state index contributed by atoms with van der Waals surface area (Å²) in [5.74, 6) is 2.21. The van der Waals surface area contributed by atoms with E-state index in [1.165, 1.54) is 5.56 Å². The summed E-state index contributed by atoms with van der Waals surface area (Å²) in [5, 5.41) is 9.41. The fourth-order valence-corrected chi connectivity index (χ4v) is 3.08. The highest BCUT2D eigenvalue weighted by Crippen LogP contribution is 2.27. The van der Waals surface area contributed by atoms with Crippen LogP contribution < -0.4 is 5.73 Å². The normalized spacial score (nSPS) is 11.0. The number of aromatic nitrogens is 3. The summed E-state index contributed by atoms with van der Waals surface area (Å²) in [6.07, 6.45) is 0. The van der Waals surface area contributed by atoms with E-state index in [1.807, 2.05) is 30.3 Å². The molecule has 3 aromatic rings. The molecule has 2 aromatic heterocycles. The van der Waals surface area contributed by atoms with Crippen molar-refractivity contribution in [1.29, 1.82) is 0 Å². The van der Waals surface area contributed by atoms with E-state index in [1.54, 1.807) is 11.8 Å². The van der Waals surface area contributed by atoms with Crippen LogP contribution in [0.2, 0.25) is 0 Å². The monoisotopic (exact) mass is 378 g/mol. The Morgan fingerprint density at radius 3 is 2.64 bits per heavy atom. The third kappa shape index (κ3) is 3.43. The van der Waals surface area contributed by atoms with Crippen LogP contribution in [0.3, 0.4) is 0 Å². The Hall–Kier alpha value is -1.57. The molecule has 2 N–H and O–H groups in total. The first-order valence-electron chi connectivity index (χ1n) is 6.83. The van der Waals surface area contributed by atoms with Gasteiger partial charge >= 0.3 is 0 Å². The first-order chi connectivity index (χ1) is 10.8. The number of rotatable bonds is 6. The molecular weight excluding hydrogens is 364 g/mol. The van der Waals surface area contributed by atoms with Crippen molar-refractivity contribution in [3.8, 4) is 11.6 Å². The van der Waals surface area contributed by atoms with Crippen LogP contribution in [-0.4, -0.2) is 27.1 Å². The van der Waals surface area contributed by atoms with Crippen molar-refractivity contribution in [1.82, 2.24) is 14.8 Å². The second kappa shape index (κ2) is 7.13. The highest BCUT2D eigenvalue weighted by molar-refractivity contribution is 9.10. The van der Waals surface area contributed by atoms with Gasteiger partial charge in [0.25, 0.3) is 0 Å². The van der Waals surface area contributed by atoms with Gasteiger partial charge in [0.2, 0.25) is 5.82 Å². The number of halogens is 1. The number of nitrogens with zero attached hydrogens (tertiary/aromatic N) is 3. The van der Waals surface area contributed by atoms with Gasteiger partial charge in [0.05, 0.1) is 6.54 Å². The third-order valence-corrected chi connectivity index (χ3v) is 4.47. The fraction of sp³-hybridized carbons (Fsp3) is 0.200. The maximum atomic E-state index is 5.63. The summed E-state index contributed by atoms with van der Waals surface area (Å²) < 4.78 is 8.36. The predicted molar refractivity (Wildman–Crippen MR) is 90.7 cm³/mol. The lowest BCUT2D eigenvalue weighted by Crippen LogP contribution is -2.06. The number of nitrogens with two attached hydrogens (primary N) is 1. The maximum absolute atomic E-state index is 5.63. The molecule has 0 fully saturated rings. The van der Waals surface area contributed by atoms with Gasteiger partial charge in [0, 0.05) is 12.3 Å². The molecule has 0 spiro atoms. The zero-order valence-electron chi connectivity index (χ0n) is 11.8. The molecular formula is C15H15BrN4OS. The minimum atomic E-state index is 0.602. The fourth-order valence-electron chi connectivity index (χ4n) is 2.07. The molecule has 3 rings (SSSR count). The molecule has 1 aromatic carbocycles. The van der Waals surface area contributed by atoms with Crippen LogP contribution >= 0.6 is 27.7 Å². The number of thioether (sulfide) groups is 1. The van der Waals surface area contributed by atoms with E-state index >= 15 is 0 Å². The highest BCUT2D eigenvalue weighted by atomic mass is 79.9. The summed E-state index contributed by atoms with van der Waals surface area (Å²) in [4.78, 5) is 0. The van der Waals surface area contributed by atoms with Crippen molar-refractivity contribution in [3.05, 3.63) is 52.7 Å². The number of hydrogen-bond donors (Lipinski definition) is 1. The molecule has 5 nitrogen and oxygen atoms in total. The van der Waals surface area contributed by atoms with E-state index in [9.17, 15) is 0 Å². The standard InChI is InChI=1S/C15H15BrN4OS/c16-13-7-6-12(21-13)14-18-19-15(22-9-8-17)20(14)10-11-4-2-1-3-5-11/h1-7H,8-10,17H2. The van der Waals surface area contributed by atoms with Crippen LogP contribution in [0.4, 0.5) is 0 Å². The molecule has 0 aliphatic heterocycles. The molecule has 0 atom stereocenters. The Bertz CT molecular complexity index is 741. The molecule has 22 heavy (non-hydrogen) atoms. The number of benzene rings is 1. The van der Waals surface area contributed by atoms with E-state index in [0.717, 1.165) is 10.9 Å². The Morgan fingerprint density at radius 1 is 1.14 bits per heavy atom. The van der Waals surface area contributed by atoms with Crippen LogP contribution in [0.1, 0.15) is 5.56 Å².